The van der Waals surface area contributed by atoms with E-state index in [1.807, 2.05) is 0 Å². The van der Waals surface area contributed by atoms with Gasteiger partial charge in [0, 0.05) is 0 Å². The van der Waals surface area contributed by atoms with Crippen molar-refractivity contribution in [3.8, 4) is 0 Å². The van der Waals surface area contributed by atoms with E-state index in [1.165, 1.54) is 166 Å². The Bertz CT molecular complexity index is 1130. The first-order chi connectivity index (χ1) is 32.4. The van der Waals surface area contributed by atoms with E-state index in [9.17, 15) is 19.2 Å². The van der Waals surface area contributed by atoms with Gasteiger partial charge < -0.3 is 18.9 Å². The molecule has 8 heteroatoms. The van der Waals surface area contributed by atoms with Crippen LogP contribution in [0.3, 0.4) is 0 Å². The number of benzene rings is 1. The minimum Gasteiger partial charge on any atom is -0.462 e. The molecular formula is C58H102O8. The number of ether oxygens (including phenoxy) is 4. The van der Waals surface area contributed by atoms with Crippen LogP contribution in [-0.4, -0.2) is 50.3 Å². The van der Waals surface area contributed by atoms with E-state index in [1.54, 1.807) is 0 Å². The largest absolute Gasteiger partial charge is 0.462 e. The summed E-state index contributed by atoms with van der Waals surface area (Å²) in [5.41, 5.74) is -0.362. The van der Waals surface area contributed by atoms with Crippen molar-refractivity contribution in [2.45, 2.75) is 285 Å². The topological polar surface area (TPSA) is 105 Å². The lowest BCUT2D eigenvalue weighted by atomic mass is 9.97. The highest BCUT2D eigenvalue weighted by atomic mass is 16.5. The summed E-state index contributed by atoms with van der Waals surface area (Å²) in [6.45, 7) is 9.73. The molecule has 0 heterocycles. The summed E-state index contributed by atoms with van der Waals surface area (Å²) >= 11 is 0. The van der Waals surface area contributed by atoms with Crippen LogP contribution >= 0.6 is 0 Å². The van der Waals surface area contributed by atoms with E-state index >= 15 is 0 Å². The Kier molecular flexibility index (Phi) is 42.5. The summed E-state index contributed by atoms with van der Waals surface area (Å²) in [5.74, 6) is -2.87. The van der Waals surface area contributed by atoms with Gasteiger partial charge >= 0.3 is 23.9 Å². The zero-order chi connectivity index (χ0) is 48.0. The number of hydrogen-bond donors (Lipinski definition) is 0. The van der Waals surface area contributed by atoms with Crippen LogP contribution in [0.1, 0.15) is 326 Å². The molecule has 0 saturated carbocycles. The van der Waals surface area contributed by atoms with Gasteiger partial charge in [0.1, 0.15) is 0 Å². The lowest BCUT2D eigenvalue weighted by Crippen LogP contribution is -2.21. The molecule has 0 fully saturated rings. The zero-order valence-corrected chi connectivity index (χ0v) is 43.5. The maximum absolute atomic E-state index is 13.8. The Hall–Kier alpha value is -2.90. The summed E-state index contributed by atoms with van der Waals surface area (Å²) in [7, 11) is 0. The van der Waals surface area contributed by atoms with Crippen molar-refractivity contribution in [2.24, 2.45) is 0 Å². The molecule has 1 aromatic rings. The molecule has 0 unspecified atom stereocenters. The van der Waals surface area contributed by atoms with Crippen molar-refractivity contribution in [1.29, 1.82) is 0 Å². The minimum absolute atomic E-state index is 0.0905. The standard InChI is InChI=1S/C58H102O8/c1-5-9-13-17-21-25-29-33-37-41-45-63-55(59)51-49-53(57(61)65-47-43-39-35-31-27-23-19-15-11-7-3)54(58(62)66-48-44-40-36-32-28-24-20-16-12-8-4)50-52(51)56(60)64-46-42-38-34-30-26-22-18-14-10-6-2/h49-50H,5-48H2,1-4H3. The summed E-state index contributed by atoms with van der Waals surface area (Å²) < 4.78 is 23.0. The average Bonchev–Trinajstić information content (AvgIpc) is 3.32. The molecule has 8 nitrogen and oxygen atoms in total. The molecular weight excluding hydrogens is 825 g/mol. The second kappa shape index (κ2) is 45.9. The number of rotatable bonds is 48. The van der Waals surface area contributed by atoms with Gasteiger partial charge in [0.15, 0.2) is 0 Å². The van der Waals surface area contributed by atoms with Gasteiger partial charge in [0.05, 0.1) is 48.7 Å². The Morgan fingerprint density at radius 2 is 0.379 bits per heavy atom. The first-order valence-electron chi connectivity index (χ1n) is 28.3. The molecule has 0 aliphatic carbocycles. The van der Waals surface area contributed by atoms with E-state index in [0.29, 0.717) is 25.7 Å². The molecule has 0 radical (unpaired) electrons. The molecule has 0 aliphatic rings. The van der Waals surface area contributed by atoms with E-state index in [4.69, 9.17) is 18.9 Å². The first-order valence-corrected chi connectivity index (χ1v) is 28.3. The van der Waals surface area contributed by atoms with E-state index in [2.05, 4.69) is 27.7 Å². The number of carbonyl (C=O) groups is 4. The quantitative estimate of drug-likeness (QED) is 0.0361. The monoisotopic (exact) mass is 927 g/mol. The summed E-state index contributed by atoms with van der Waals surface area (Å²) in [6, 6.07) is 2.60. The molecule has 66 heavy (non-hydrogen) atoms. The molecule has 0 atom stereocenters. The molecule has 1 rings (SSSR count). The van der Waals surface area contributed by atoms with Crippen LogP contribution in [0.15, 0.2) is 12.1 Å². The SMILES string of the molecule is CCCCCCCCCCCCOC(=O)c1cc(C(=O)OCCCCCCCCCCCC)c(C(=O)OCCCCCCCCCCCC)cc1C(=O)OCCCCCCCCCCCC. The fourth-order valence-corrected chi connectivity index (χ4v) is 8.60. The predicted molar refractivity (Wildman–Crippen MR) is 275 cm³/mol. The molecule has 0 N–H and O–H groups in total. The molecule has 382 valence electrons. The first kappa shape index (κ1) is 61.1. The minimum atomic E-state index is -0.717. The highest BCUT2D eigenvalue weighted by Gasteiger charge is 2.29. The van der Waals surface area contributed by atoms with Crippen molar-refractivity contribution in [1.82, 2.24) is 0 Å². The molecule has 0 amide bonds. The van der Waals surface area contributed by atoms with Gasteiger partial charge in [0.25, 0.3) is 0 Å². The van der Waals surface area contributed by atoms with Gasteiger partial charge in [-0.25, -0.2) is 19.2 Å². The van der Waals surface area contributed by atoms with E-state index < -0.39 is 23.9 Å². The fraction of sp³-hybridized carbons (Fsp3) is 0.828. The summed E-state index contributed by atoms with van der Waals surface area (Å²) in [4.78, 5) is 55.2. The van der Waals surface area contributed by atoms with Gasteiger partial charge in [-0.3, -0.25) is 0 Å². The maximum Gasteiger partial charge on any atom is 0.339 e. The van der Waals surface area contributed by atoms with Crippen molar-refractivity contribution >= 4 is 23.9 Å². The van der Waals surface area contributed by atoms with Gasteiger partial charge in [-0.2, -0.15) is 0 Å². The third-order valence-electron chi connectivity index (χ3n) is 13.0. The van der Waals surface area contributed by atoms with Crippen LogP contribution in [0.25, 0.3) is 0 Å². The molecule has 0 aliphatic heterocycles. The zero-order valence-electron chi connectivity index (χ0n) is 43.5. The Morgan fingerprint density at radius 1 is 0.242 bits per heavy atom. The third-order valence-corrected chi connectivity index (χ3v) is 13.0. The van der Waals surface area contributed by atoms with E-state index in [-0.39, 0.29) is 48.7 Å². The lowest BCUT2D eigenvalue weighted by molar-refractivity contribution is 0.0434. The van der Waals surface area contributed by atoms with Gasteiger partial charge in [-0.1, -0.05) is 259 Å². The van der Waals surface area contributed by atoms with Crippen LogP contribution in [0.2, 0.25) is 0 Å². The number of unbranched alkanes of at least 4 members (excludes halogenated alkanes) is 36. The van der Waals surface area contributed by atoms with Gasteiger partial charge in [-0.05, 0) is 37.8 Å². The number of hydrogen-bond acceptors (Lipinski definition) is 8. The summed E-state index contributed by atoms with van der Waals surface area (Å²) in [5, 5.41) is 0. The molecule has 0 bridgehead atoms. The maximum atomic E-state index is 13.8. The van der Waals surface area contributed by atoms with Gasteiger partial charge in [0.2, 0.25) is 0 Å². The van der Waals surface area contributed by atoms with Crippen molar-refractivity contribution in [3.05, 3.63) is 34.4 Å². The van der Waals surface area contributed by atoms with Crippen molar-refractivity contribution < 1.29 is 38.1 Å². The van der Waals surface area contributed by atoms with Crippen LogP contribution in [0, 0.1) is 0 Å². The second-order valence-electron chi connectivity index (χ2n) is 19.2. The van der Waals surface area contributed by atoms with Crippen LogP contribution in [0.5, 0.6) is 0 Å². The molecule has 0 spiro atoms. The lowest BCUT2D eigenvalue weighted by Gasteiger charge is -2.15. The number of esters is 4. The predicted octanol–water partition coefficient (Wildman–Crippen LogP) is 18.0. The van der Waals surface area contributed by atoms with Crippen molar-refractivity contribution in [3.63, 3.8) is 0 Å². The molecule has 0 saturated heterocycles. The third kappa shape index (κ3) is 33.6. The van der Waals surface area contributed by atoms with Crippen LogP contribution in [0.4, 0.5) is 0 Å². The van der Waals surface area contributed by atoms with Crippen LogP contribution < -0.4 is 0 Å². The Morgan fingerprint density at radius 3 is 0.530 bits per heavy atom. The van der Waals surface area contributed by atoms with Crippen LogP contribution in [-0.2, 0) is 18.9 Å². The molecule has 0 aromatic heterocycles. The Balaban J connectivity index is 3.07. The highest BCUT2D eigenvalue weighted by Crippen LogP contribution is 2.24. The number of carbonyl (C=O) groups excluding carboxylic acids is 4. The fourth-order valence-electron chi connectivity index (χ4n) is 8.60. The average molecular weight is 927 g/mol. The van der Waals surface area contributed by atoms with Gasteiger partial charge in [-0.15, -0.1) is 0 Å². The highest BCUT2D eigenvalue weighted by molar-refractivity contribution is 6.10. The van der Waals surface area contributed by atoms with E-state index in [0.717, 1.165) is 77.0 Å². The smallest absolute Gasteiger partial charge is 0.339 e. The van der Waals surface area contributed by atoms with Crippen molar-refractivity contribution in [2.75, 3.05) is 26.4 Å². The second-order valence-corrected chi connectivity index (χ2v) is 19.2. The molecule has 1 aromatic carbocycles. The summed E-state index contributed by atoms with van der Waals surface area (Å²) in [6.07, 6.45) is 46.1. The normalized spacial score (nSPS) is 11.2. The Labute approximate surface area is 406 Å².